The first kappa shape index (κ1) is 10.7. The van der Waals surface area contributed by atoms with Crippen molar-refractivity contribution in [3.8, 4) is 17.6 Å². The molecule has 1 aromatic rings. The first-order chi connectivity index (χ1) is 6.74. The number of rotatable bonds is 3. The van der Waals surface area contributed by atoms with Crippen molar-refractivity contribution >= 4 is 17.3 Å². The average Bonchev–Trinajstić information content (AvgIpc) is 2.15. The van der Waals surface area contributed by atoms with Crippen LogP contribution >= 0.6 is 11.6 Å². The SMILES string of the molecule is CC#CCCOc1ccc(Cl)cc1N. The van der Waals surface area contributed by atoms with E-state index in [0.717, 1.165) is 0 Å². The van der Waals surface area contributed by atoms with Gasteiger partial charge in [-0.25, -0.2) is 0 Å². The second-order valence-electron chi connectivity index (χ2n) is 2.71. The summed E-state index contributed by atoms with van der Waals surface area (Å²) in [6.07, 6.45) is 0.707. The summed E-state index contributed by atoms with van der Waals surface area (Å²) in [5, 5.41) is 0.614. The summed E-state index contributed by atoms with van der Waals surface area (Å²) in [6.45, 7) is 2.35. The van der Waals surface area contributed by atoms with Crippen molar-refractivity contribution in [2.24, 2.45) is 0 Å². The van der Waals surface area contributed by atoms with Crippen LogP contribution in [-0.4, -0.2) is 6.61 Å². The molecule has 0 spiro atoms. The molecule has 14 heavy (non-hydrogen) atoms. The van der Waals surface area contributed by atoms with Gasteiger partial charge in [0.25, 0.3) is 0 Å². The number of halogens is 1. The minimum absolute atomic E-state index is 0.548. The third-order valence-electron chi connectivity index (χ3n) is 1.63. The maximum absolute atomic E-state index is 5.74. The fourth-order valence-electron chi connectivity index (χ4n) is 0.988. The van der Waals surface area contributed by atoms with Gasteiger partial charge in [0.2, 0.25) is 0 Å². The first-order valence-corrected chi connectivity index (χ1v) is 4.69. The van der Waals surface area contributed by atoms with Gasteiger partial charge in [-0.3, -0.25) is 0 Å². The predicted octanol–water partition coefficient (Wildman–Crippen LogP) is 2.71. The molecule has 0 aliphatic heterocycles. The number of hydrogen-bond acceptors (Lipinski definition) is 2. The van der Waals surface area contributed by atoms with Crippen LogP contribution in [0.25, 0.3) is 0 Å². The van der Waals surface area contributed by atoms with Crippen molar-refractivity contribution in [1.29, 1.82) is 0 Å². The van der Waals surface area contributed by atoms with Crippen LogP contribution in [0.15, 0.2) is 18.2 Å². The van der Waals surface area contributed by atoms with Crippen molar-refractivity contribution in [1.82, 2.24) is 0 Å². The average molecular weight is 210 g/mol. The summed E-state index contributed by atoms with van der Waals surface area (Å²) < 4.78 is 5.41. The van der Waals surface area contributed by atoms with E-state index >= 15 is 0 Å². The van der Waals surface area contributed by atoms with E-state index in [1.165, 1.54) is 0 Å². The van der Waals surface area contributed by atoms with Crippen LogP contribution in [0.1, 0.15) is 13.3 Å². The van der Waals surface area contributed by atoms with Gasteiger partial charge in [-0.05, 0) is 25.1 Å². The van der Waals surface area contributed by atoms with E-state index in [2.05, 4.69) is 11.8 Å². The Morgan fingerprint density at radius 3 is 2.93 bits per heavy atom. The smallest absolute Gasteiger partial charge is 0.142 e. The zero-order valence-electron chi connectivity index (χ0n) is 8.01. The molecule has 2 nitrogen and oxygen atoms in total. The van der Waals surface area contributed by atoms with Crippen molar-refractivity contribution in [3.63, 3.8) is 0 Å². The van der Waals surface area contributed by atoms with Crippen LogP contribution in [0.5, 0.6) is 5.75 Å². The van der Waals surface area contributed by atoms with Crippen LogP contribution in [0, 0.1) is 11.8 Å². The van der Waals surface area contributed by atoms with Crippen LogP contribution in [-0.2, 0) is 0 Å². The van der Waals surface area contributed by atoms with E-state index < -0.39 is 0 Å². The molecule has 0 aromatic heterocycles. The molecule has 0 atom stereocenters. The Bertz CT molecular complexity index is 365. The Balaban J connectivity index is 2.53. The third-order valence-corrected chi connectivity index (χ3v) is 1.87. The molecular weight excluding hydrogens is 198 g/mol. The van der Waals surface area contributed by atoms with E-state index in [9.17, 15) is 0 Å². The molecule has 0 heterocycles. The topological polar surface area (TPSA) is 35.2 Å². The molecule has 0 amide bonds. The Morgan fingerprint density at radius 1 is 1.50 bits per heavy atom. The molecule has 0 aliphatic rings. The van der Waals surface area contributed by atoms with Crippen LogP contribution in [0.4, 0.5) is 5.69 Å². The lowest BCUT2D eigenvalue weighted by atomic mass is 10.3. The highest BCUT2D eigenvalue weighted by Gasteiger charge is 1.99. The monoisotopic (exact) mass is 209 g/mol. The van der Waals surface area contributed by atoms with Gasteiger partial charge in [-0.1, -0.05) is 11.6 Å². The predicted molar refractivity (Wildman–Crippen MR) is 59.4 cm³/mol. The Morgan fingerprint density at radius 2 is 2.29 bits per heavy atom. The van der Waals surface area contributed by atoms with Gasteiger partial charge < -0.3 is 10.5 Å². The molecule has 0 bridgehead atoms. The quantitative estimate of drug-likeness (QED) is 0.472. The minimum atomic E-state index is 0.548. The standard InChI is InChI=1S/C11H12ClNO/c1-2-3-4-7-14-11-6-5-9(12)8-10(11)13/h5-6,8H,4,7,13H2,1H3. The summed E-state index contributed by atoms with van der Waals surface area (Å²) in [4.78, 5) is 0. The maximum atomic E-state index is 5.74. The van der Waals surface area contributed by atoms with E-state index in [1.807, 2.05) is 0 Å². The summed E-state index contributed by atoms with van der Waals surface area (Å²) in [6, 6.07) is 5.18. The van der Waals surface area contributed by atoms with E-state index in [4.69, 9.17) is 22.1 Å². The van der Waals surface area contributed by atoms with Gasteiger partial charge in [0, 0.05) is 11.4 Å². The largest absolute Gasteiger partial charge is 0.490 e. The minimum Gasteiger partial charge on any atom is -0.490 e. The third kappa shape index (κ3) is 3.20. The molecule has 0 radical (unpaired) electrons. The van der Waals surface area contributed by atoms with Crippen LogP contribution in [0.2, 0.25) is 5.02 Å². The zero-order chi connectivity index (χ0) is 10.4. The van der Waals surface area contributed by atoms with Gasteiger partial charge >= 0.3 is 0 Å². The molecule has 0 aliphatic carbocycles. The first-order valence-electron chi connectivity index (χ1n) is 4.31. The number of ether oxygens (including phenoxy) is 1. The van der Waals surface area contributed by atoms with Gasteiger partial charge in [0.05, 0.1) is 12.3 Å². The summed E-state index contributed by atoms with van der Waals surface area (Å²) >= 11 is 5.74. The molecule has 2 N–H and O–H groups in total. The Labute approximate surface area is 89.0 Å². The lowest BCUT2D eigenvalue weighted by Crippen LogP contribution is -1.99. The number of benzene rings is 1. The summed E-state index contributed by atoms with van der Waals surface area (Å²) in [5.74, 6) is 6.36. The van der Waals surface area contributed by atoms with Crippen molar-refractivity contribution in [2.75, 3.05) is 12.3 Å². The highest BCUT2D eigenvalue weighted by atomic mass is 35.5. The van der Waals surface area contributed by atoms with Gasteiger partial charge in [-0.15, -0.1) is 11.8 Å². The molecule has 0 saturated heterocycles. The Hall–Kier alpha value is -1.33. The second-order valence-corrected chi connectivity index (χ2v) is 3.14. The number of nitrogen functional groups attached to an aromatic ring is 1. The van der Waals surface area contributed by atoms with Crippen molar-refractivity contribution in [3.05, 3.63) is 23.2 Å². The summed E-state index contributed by atoms with van der Waals surface area (Å²) in [5.41, 5.74) is 6.25. The molecule has 1 aromatic carbocycles. The fraction of sp³-hybridized carbons (Fsp3) is 0.273. The molecule has 0 fully saturated rings. The Kier molecular flexibility index (Phi) is 4.15. The molecular formula is C11H12ClNO. The van der Waals surface area contributed by atoms with Gasteiger partial charge in [0.15, 0.2) is 0 Å². The molecule has 3 heteroatoms. The lowest BCUT2D eigenvalue weighted by molar-refractivity contribution is 0.329. The number of anilines is 1. The van der Waals surface area contributed by atoms with Crippen LogP contribution in [0.3, 0.4) is 0 Å². The van der Waals surface area contributed by atoms with Crippen molar-refractivity contribution in [2.45, 2.75) is 13.3 Å². The maximum Gasteiger partial charge on any atom is 0.142 e. The highest BCUT2D eigenvalue weighted by Crippen LogP contribution is 2.24. The molecule has 1 rings (SSSR count). The van der Waals surface area contributed by atoms with E-state index in [0.29, 0.717) is 29.5 Å². The number of nitrogens with two attached hydrogens (primary N) is 1. The van der Waals surface area contributed by atoms with E-state index in [1.54, 1.807) is 25.1 Å². The van der Waals surface area contributed by atoms with Gasteiger partial charge in [-0.2, -0.15) is 0 Å². The normalized spacial score (nSPS) is 9.00. The summed E-state index contributed by atoms with van der Waals surface area (Å²) in [7, 11) is 0. The fourth-order valence-corrected chi connectivity index (χ4v) is 1.17. The molecule has 0 saturated carbocycles. The number of hydrogen-bond donors (Lipinski definition) is 1. The second kappa shape index (κ2) is 5.41. The highest BCUT2D eigenvalue weighted by molar-refractivity contribution is 6.30. The van der Waals surface area contributed by atoms with E-state index in [-0.39, 0.29) is 0 Å². The van der Waals surface area contributed by atoms with Crippen molar-refractivity contribution < 1.29 is 4.74 Å². The lowest BCUT2D eigenvalue weighted by Gasteiger charge is -2.06. The zero-order valence-corrected chi connectivity index (χ0v) is 8.77. The van der Waals surface area contributed by atoms with Gasteiger partial charge in [0.1, 0.15) is 5.75 Å². The molecule has 74 valence electrons. The molecule has 0 unspecified atom stereocenters. The van der Waals surface area contributed by atoms with Crippen LogP contribution < -0.4 is 10.5 Å².